The van der Waals surface area contributed by atoms with Crippen molar-refractivity contribution in [1.29, 1.82) is 0 Å². The Morgan fingerprint density at radius 3 is 2.21 bits per heavy atom. The van der Waals surface area contributed by atoms with Gasteiger partial charge in [-0.25, -0.2) is 0 Å². The average Bonchev–Trinajstić information content (AvgIpc) is 3.30. The number of aromatic hydroxyl groups is 1. The summed E-state index contributed by atoms with van der Waals surface area (Å²) in [5.74, 6) is 0.495. The standard InChI is InChI=1S/C15H21N2O3.3C4H9.Sn/c1-3-17-9-5-6-11(17)10-16-15(19)14-12(18)7-4-8-13(14)20-2;3*1-3-4-2;/h4,8,11,18H,3,5-6,9-10H2,1-2H3,(H,16,19);3*1,3-4H2,2H3;/t11-;;;;/m0..../s1. The molecule has 1 aromatic carbocycles. The molecule has 33 heavy (non-hydrogen) atoms. The third-order valence-corrected chi connectivity index (χ3v) is 23.2. The van der Waals surface area contributed by atoms with Crippen LogP contribution in [0, 0.1) is 0 Å². The van der Waals surface area contributed by atoms with Gasteiger partial charge in [0.25, 0.3) is 0 Å². The van der Waals surface area contributed by atoms with Gasteiger partial charge in [-0.15, -0.1) is 0 Å². The summed E-state index contributed by atoms with van der Waals surface area (Å²) in [4.78, 5) is 15.8. The number of likely N-dealkylation sites (N-methyl/N-ethyl adjacent to an activating group) is 1. The van der Waals surface area contributed by atoms with Gasteiger partial charge in [0.15, 0.2) is 0 Å². The number of phenolic OH excluding ortho intramolecular Hbond substituents is 1. The number of amides is 1. The number of hydrogen-bond acceptors (Lipinski definition) is 4. The summed E-state index contributed by atoms with van der Waals surface area (Å²) in [6.07, 6.45) is 9.47. The molecule has 1 fully saturated rings. The molecule has 0 radical (unpaired) electrons. The van der Waals surface area contributed by atoms with Gasteiger partial charge in [-0.1, -0.05) is 0 Å². The number of benzene rings is 1. The molecule has 0 aliphatic carbocycles. The van der Waals surface area contributed by atoms with E-state index >= 15 is 0 Å². The molecule has 188 valence electrons. The van der Waals surface area contributed by atoms with Gasteiger partial charge in [-0.05, 0) is 0 Å². The normalized spacial score (nSPS) is 16.8. The SMILES string of the molecule is CCC[CH2][Sn]([CH2]CCC)([CH2]CCC)[c]1ccc(OC)c(C(=O)NC[C@@H]2CCCN2CC)c1O. The summed E-state index contributed by atoms with van der Waals surface area (Å²) in [5.41, 5.74) is 0.349. The minimum absolute atomic E-state index is 0.198. The minimum atomic E-state index is -2.90. The van der Waals surface area contributed by atoms with E-state index in [9.17, 15) is 9.90 Å². The van der Waals surface area contributed by atoms with Crippen LogP contribution in [-0.4, -0.2) is 67.1 Å². The number of likely N-dealkylation sites (tertiary alicyclic amines) is 1. The molecular weight excluding hydrogens is 519 g/mol. The first kappa shape index (κ1) is 28.3. The first-order chi connectivity index (χ1) is 16.0. The quantitative estimate of drug-likeness (QED) is 0.268. The molecule has 1 saturated heterocycles. The summed E-state index contributed by atoms with van der Waals surface area (Å²) in [6, 6.07) is 4.43. The van der Waals surface area contributed by atoms with Gasteiger partial charge in [0.2, 0.25) is 0 Å². The second kappa shape index (κ2) is 14.4. The van der Waals surface area contributed by atoms with Crippen LogP contribution in [0.15, 0.2) is 12.1 Å². The van der Waals surface area contributed by atoms with Gasteiger partial charge in [-0.3, -0.25) is 0 Å². The predicted molar refractivity (Wildman–Crippen MR) is 142 cm³/mol. The zero-order valence-electron chi connectivity index (χ0n) is 21.8. The van der Waals surface area contributed by atoms with E-state index in [1.165, 1.54) is 58.3 Å². The maximum absolute atomic E-state index is 13.4. The molecule has 6 heteroatoms. The zero-order chi connectivity index (χ0) is 24.3. The third-order valence-electron chi connectivity index (χ3n) is 7.59. The molecule has 1 aliphatic heterocycles. The number of rotatable bonds is 15. The molecule has 1 aromatic rings. The Labute approximate surface area is 206 Å². The third kappa shape index (κ3) is 7.27. The van der Waals surface area contributed by atoms with E-state index in [1.54, 1.807) is 7.11 Å². The molecule has 5 nitrogen and oxygen atoms in total. The summed E-state index contributed by atoms with van der Waals surface area (Å²) in [7, 11) is 1.59. The van der Waals surface area contributed by atoms with Crippen LogP contribution in [0.3, 0.4) is 0 Å². The first-order valence-corrected chi connectivity index (χ1v) is 20.9. The number of methoxy groups -OCH3 is 1. The van der Waals surface area contributed by atoms with Crippen LogP contribution in [-0.2, 0) is 0 Å². The fourth-order valence-corrected chi connectivity index (χ4v) is 21.9. The van der Waals surface area contributed by atoms with Crippen LogP contribution in [0.2, 0.25) is 13.3 Å². The van der Waals surface area contributed by atoms with Crippen LogP contribution in [0.25, 0.3) is 0 Å². The Morgan fingerprint density at radius 1 is 1.09 bits per heavy atom. The molecule has 0 bridgehead atoms. The first-order valence-electron chi connectivity index (χ1n) is 13.4. The number of hydrogen-bond donors (Lipinski definition) is 2. The Morgan fingerprint density at radius 2 is 1.70 bits per heavy atom. The van der Waals surface area contributed by atoms with Crippen LogP contribution in [0.5, 0.6) is 11.5 Å². The van der Waals surface area contributed by atoms with E-state index in [4.69, 9.17) is 4.74 Å². The molecule has 1 atom stereocenters. The molecule has 1 heterocycles. The van der Waals surface area contributed by atoms with Gasteiger partial charge in [0, 0.05) is 0 Å². The van der Waals surface area contributed by atoms with Crippen molar-refractivity contribution >= 4 is 27.9 Å². The van der Waals surface area contributed by atoms with Gasteiger partial charge in [0.05, 0.1) is 0 Å². The number of carbonyl (C=O) groups excluding carboxylic acids is 1. The summed E-state index contributed by atoms with van der Waals surface area (Å²) < 4.78 is 10.5. The number of phenols is 1. The number of ether oxygens (including phenoxy) is 1. The molecule has 0 unspecified atom stereocenters. The van der Waals surface area contributed by atoms with Crippen molar-refractivity contribution in [1.82, 2.24) is 10.2 Å². The number of nitrogens with zero attached hydrogens (tertiary/aromatic N) is 1. The van der Waals surface area contributed by atoms with E-state index in [-0.39, 0.29) is 11.7 Å². The van der Waals surface area contributed by atoms with Crippen molar-refractivity contribution in [2.45, 2.75) is 98.4 Å². The van der Waals surface area contributed by atoms with Gasteiger partial charge in [0.1, 0.15) is 0 Å². The average molecular weight is 567 g/mol. The summed E-state index contributed by atoms with van der Waals surface area (Å²) >= 11 is -2.90. The van der Waals surface area contributed by atoms with Gasteiger partial charge < -0.3 is 0 Å². The molecule has 1 amide bonds. The topological polar surface area (TPSA) is 61.8 Å². The van der Waals surface area contributed by atoms with Crippen molar-refractivity contribution in [3.8, 4) is 11.5 Å². The van der Waals surface area contributed by atoms with E-state index in [0.29, 0.717) is 23.9 Å². The number of nitrogens with one attached hydrogen (secondary N) is 1. The van der Waals surface area contributed by atoms with Gasteiger partial charge >= 0.3 is 207 Å². The Hall–Kier alpha value is -0.951. The Kier molecular flexibility index (Phi) is 12.4. The molecule has 2 rings (SSSR count). The second-order valence-corrected chi connectivity index (χ2v) is 22.9. The molecule has 0 aromatic heterocycles. The summed E-state index contributed by atoms with van der Waals surface area (Å²) in [6.45, 7) is 11.7. The van der Waals surface area contributed by atoms with Crippen LogP contribution >= 0.6 is 0 Å². The Bertz CT molecular complexity index is 719. The van der Waals surface area contributed by atoms with Crippen molar-refractivity contribution < 1.29 is 14.6 Å². The molecule has 1 aliphatic rings. The zero-order valence-corrected chi connectivity index (χ0v) is 24.7. The molecule has 0 saturated carbocycles. The number of carbonyl (C=O) groups is 1. The van der Waals surface area contributed by atoms with Crippen molar-refractivity contribution in [3.05, 3.63) is 17.7 Å². The fourth-order valence-electron chi connectivity index (χ4n) is 5.56. The van der Waals surface area contributed by atoms with Crippen molar-refractivity contribution in [2.24, 2.45) is 0 Å². The predicted octanol–water partition coefficient (Wildman–Crippen LogP) is 5.67. The van der Waals surface area contributed by atoms with Crippen LogP contribution in [0.4, 0.5) is 0 Å². The van der Waals surface area contributed by atoms with Gasteiger partial charge in [-0.2, -0.15) is 0 Å². The van der Waals surface area contributed by atoms with Crippen molar-refractivity contribution in [3.63, 3.8) is 0 Å². The maximum atomic E-state index is 13.4. The Balaban J connectivity index is 2.41. The van der Waals surface area contributed by atoms with E-state index in [0.717, 1.165) is 23.1 Å². The second-order valence-electron chi connectivity index (χ2n) is 9.76. The van der Waals surface area contributed by atoms with E-state index < -0.39 is 18.4 Å². The van der Waals surface area contributed by atoms with Crippen LogP contribution in [0.1, 0.15) is 89.4 Å². The molecule has 2 N–H and O–H groups in total. The van der Waals surface area contributed by atoms with E-state index in [2.05, 4.69) is 44.0 Å². The van der Waals surface area contributed by atoms with E-state index in [1.807, 2.05) is 6.07 Å². The summed E-state index contributed by atoms with van der Waals surface area (Å²) in [5, 5.41) is 14.7. The molecular formula is C27H48N2O3Sn. The molecule has 0 spiro atoms. The van der Waals surface area contributed by atoms with Crippen molar-refractivity contribution in [2.75, 3.05) is 26.7 Å². The number of unbranched alkanes of at least 4 members (excludes halogenated alkanes) is 3. The fraction of sp³-hybridized carbons (Fsp3) is 0.741. The van der Waals surface area contributed by atoms with Crippen LogP contribution < -0.4 is 13.6 Å². The monoisotopic (exact) mass is 568 g/mol.